The third kappa shape index (κ3) is 3.47. The smallest absolute Gasteiger partial charge is 0.233 e. The Kier molecular flexibility index (Phi) is 5.17. The van der Waals surface area contributed by atoms with Crippen molar-refractivity contribution in [1.29, 1.82) is 0 Å². The van der Waals surface area contributed by atoms with E-state index in [4.69, 9.17) is 17.3 Å². The van der Waals surface area contributed by atoms with Gasteiger partial charge in [0.2, 0.25) is 11.8 Å². The van der Waals surface area contributed by atoms with E-state index in [-0.39, 0.29) is 23.1 Å². The number of nitrogens with two attached hydrogens (primary N) is 1. The maximum Gasteiger partial charge on any atom is 0.233 e. The van der Waals surface area contributed by atoms with E-state index in [0.717, 1.165) is 70.3 Å². The number of primary amides is 1. The average Bonchev–Trinajstić information content (AvgIpc) is 3.12. The van der Waals surface area contributed by atoms with Gasteiger partial charge in [0.25, 0.3) is 0 Å². The standard InChI is InChI=1S/C21H28ClN3O2/c22-17-5-3-16(4-6-17)21(9-1-2-10-21)20(27)25-13-18(14-25)24-11-7-15(8-12-24)19(23)26/h3-6,15,18H,1-2,7-14H2,(H2,23,26). The molecule has 27 heavy (non-hydrogen) atoms. The molecule has 146 valence electrons. The summed E-state index contributed by atoms with van der Waals surface area (Å²) in [6.07, 6.45) is 5.75. The Labute approximate surface area is 165 Å². The molecule has 0 atom stereocenters. The fourth-order valence-electron chi connectivity index (χ4n) is 5.08. The van der Waals surface area contributed by atoms with Gasteiger partial charge >= 0.3 is 0 Å². The van der Waals surface area contributed by atoms with E-state index in [1.165, 1.54) is 0 Å². The normalized spacial score (nSPS) is 24.0. The van der Waals surface area contributed by atoms with Crippen molar-refractivity contribution in [2.75, 3.05) is 26.2 Å². The lowest BCUT2D eigenvalue weighted by Gasteiger charge is -2.49. The van der Waals surface area contributed by atoms with Gasteiger partial charge in [0, 0.05) is 30.1 Å². The zero-order valence-electron chi connectivity index (χ0n) is 15.7. The molecule has 3 aliphatic rings. The Morgan fingerprint density at radius 2 is 1.63 bits per heavy atom. The number of nitrogens with zero attached hydrogens (tertiary/aromatic N) is 2. The van der Waals surface area contributed by atoms with Crippen LogP contribution < -0.4 is 5.73 Å². The topological polar surface area (TPSA) is 66.6 Å². The van der Waals surface area contributed by atoms with Gasteiger partial charge in [-0.25, -0.2) is 0 Å². The predicted octanol–water partition coefficient (Wildman–Crippen LogP) is 2.56. The van der Waals surface area contributed by atoms with Gasteiger partial charge in [-0.15, -0.1) is 0 Å². The molecule has 3 fully saturated rings. The summed E-state index contributed by atoms with van der Waals surface area (Å²) in [6, 6.07) is 8.26. The van der Waals surface area contributed by atoms with Crippen LogP contribution >= 0.6 is 11.6 Å². The molecular weight excluding hydrogens is 362 g/mol. The molecule has 1 saturated carbocycles. The highest BCUT2D eigenvalue weighted by Gasteiger charge is 2.48. The number of likely N-dealkylation sites (tertiary alicyclic amines) is 2. The lowest BCUT2D eigenvalue weighted by atomic mass is 9.76. The SMILES string of the molecule is NC(=O)C1CCN(C2CN(C(=O)C3(c4ccc(Cl)cc4)CCCC3)C2)CC1. The van der Waals surface area contributed by atoms with Crippen molar-refractivity contribution in [3.8, 4) is 0 Å². The first-order chi connectivity index (χ1) is 13.0. The van der Waals surface area contributed by atoms with Crippen molar-refractivity contribution in [2.45, 2.75) is 50.0 Å². The summed E-state index contributed by atoms with van der Waals surface area (Å²) < 4.78 is 0. The fourth-order valence-corrected chi connectivity index (χ4v) is 5.20. The first-order valence-corrected chi connectivity index (χ1v) is 10.5. The van der Waals surface area contributed by atoms with Crippen molar-refractivity contribution in [3.63, 3.8) is 0 Å². The van der Waals surface area contributed by atoms with E-state index in [1.54, 1.807) is 0 Å². The summed E-state index contributed by atoms with van der Waals surface area (Å²) in [5.74, 6) is 0.127. The minimum atomic E-state index is -0.367. The summed E-state index contributed by atoms with van der Waals surface area (Å²) >= 11 is 6.05. The Hall–Kier alpha value is -1.59. The number of hydrogen-bond acceptors (Lipinski definition) is 3. The highest BCUT2D eigenvalue weighted by molar-refractivity contribution is 6.30. The number of carbonyl (C=O) groups excluding carboxylic acids is 2. The minimum absolute atomic E-state index is 0.0192. The number of carbonyl (C=O) groups is 2. The molecule has 0 aromatic heterocycles. The summed E-state index contributed by atoms with van der Waals surface area (Å²) in [5, 5.41) is 0.711. The van der Waals surface area contributed by atoms with Crippen LogP contribution in [0.3, 0.4) is 0 Å². The Bertz CT molecular complexity index is 701. The molecule has 1 aromatic rings. The molecule has 1 aromatic carbocycles. The zero-order valence-corrected chi connectivity index (χ0v) is 16.5. The lowest BCUT2D eigenvalue weighted by molar-refractivity contribution is -0.145. The van der Waals surface area contributed by atoms with Gasteiger partial charge in [0.1, 0.15) is 0 Å². The van der Waals surface area contributed by atoms with Crippen LogP contribution in [-0.4, -0.2) is 53.8 Å². The zero-order chi connectivity index (χ0) is 19.0. The number of rotatable bonds is 4. The number of benzene rings is 1. The van der Waals surface area contributed by atoms with Crippen molar-refractivity contribution in [1.82, 2.24) is 9.80 Å². The van der Waals surface area contributed by atoms with Crippen LogP contribution in [0.4, 0.5) is 0 Å². The molecule has 2 amide bonds. The first kappa shape index (κ1) is 18.8. The third-order valence-electron chi connectivity index (χ3n) is 6.86. The van der Waals surface area contributed by atoms with Crippen LogP contribution in [0.15, 0.2) is 24.3 Å². The maximum absolute atomic E-state index is 13.4. The van der Waals surface area contributed by atoms with Crippen molar-refractivity contribution < 1.29 is 9.59 Å². The molecule has 5 nitrogen and oxygen atoms in total. The van der Waals surface area contributed by atoms with Crippen LogP contribution in [0.25, 0.3) is 0 Å². The Balaban J connectivity index is 1.39. The van der Waals surface area contributed by atoms with Crippen LogP contribution in [0.2, 0.25) is 5.02 Å². The van der Waals surface area contributed by atoms with Crippen LogP contribution in [0, 0.1) is 5.92 Å². The van der Waals surface area contributed by atoms with Gasteiger partial charge in [0.05, 0.1) is 5.41 Å². The van der Waals surface area contributed by atoms with E-state index >= 15 is 0 Å². The van der Waals surface area contributed by atoms with Crippen LogP contribution in [0.5, 0.6) is 0 Å². The highest BCUT2D eigenvalue weighted by Crippen LogP contribution is 2.44. The molecule has 2 N–H and O–H groups in total. The highest BCUT2D eigenvalue weighted by atomic mass is 35.5. The maximum atomic E-state index is 13.4. The predicted molar refractivity (Wildman–Crippen MR) is 105 cm³/mol. The summed E-state index contributed by atoms with van der Waals surface area (Å²) in [5.41, 5.74) is 6.17. The molecule has 4 rings (SSSR count). The third-order valence-corrected chi connectivity index (χ3v) is 7.11. The average molecular weight is 390 g/mol. The number of amides is 2. The second kappa shape index (κ2) is 7.44. The first-order valence-electron chi connectivity index (χ1n) is 10.1. The minimum Gasteiger partial charge on any atom is -0.369 e. The van der Waals surface area contributed by atoms with Crippen molar-refractivity contribution >= 4 is 23.4 Å². The molecule has 0 bridgehead atoms. The molecule has 0 radical (unpaired) electrons. The molecule has 6 heteroatoms. The van der Waals surface area contributed by atoms with E-state index in [0.29, 0.717) is 11.1 Å². The molecule has 2 heterocycles. The number of halogens is 1. The quantitative estimate of drug-likeness (QED) is 0.860. The summed E-state index contributed by atoms with van der Waals surface area (Å²) in [7, 11) is 0. The van der Waals surface area contributed by atoms with Gasteiger partial charge in [-0.1, -0.05) is 36.6 Å². The Morgan fingerprint density at radius 3 is 2.19 bits per heavy atom. The van der Waals surface area contributed by atoms with Gasteiger partial charge in [-0.2, -0.15) is 0 Å². The molecule has 0 unspecified atom stereocenters. The molecule has 1 aliphatic carbocycles. The van der Waals surface area contributed by atoms with Crippen LogP contribution in [0.1, 0.15) is 44.1 Å². The summed E-state index contributed by atoms with van der Waals surface area (Å²) in [6.45, 7) is 3.41. The number of piperidine rings is 1. The molecule has 2 saturated heterocycles. The number of hydrogen-bond donors (Lipinski definition) is 1. The molecule has 2 aliphatic heterocycles. The largest absolute Gasteiger partial charge is 0.369 e. The van der Waals surface area contributed by atoms with Gasteiger partial charge in [-0.05, 0) is 56.5 Å². The fraction of sp³-hybridized carbons (Fsp3) is 0.619. The Morgan fingerprint density at radius 1 is 1.04 bits per heavy atom. The van der Waals surface area contributed by atoms with E-state index in [9.17, 15) is 9.59 Å². The summed E-state index contributed by atoms with van der Waals surface area (Å²) in [4.78, 5) is 29.2. The van der Waals surface area contributed by atoms with Crippen molar-refractivity contribution in [3.05, 3.63) is 34.9 Å². The van der Waals surface area contributed by atoms with Gasteiger partial charge < -0.3 is 10.6 Å². The lowest BCUT2D eigenvalue weighted by Crippen LogP contribution is -2.65. The van der Waals surface area contributed by atoms with Gasteiger partial charge in [0.15, 0.2) is 0 Å². The van der Waals surface area contributed by atoms with Crippen molar-refractivity contribution in [2.24, 2.45) is 11.7 Å². The van der Waals surface area contributed by atoms with Gasteiger partial charge in [-0.3, -0.25) is 14.5 Å². The molecule has 0 spiro atoms. The van der Waals surface area contributed by atoms with E-state index in [1.807, 2.05) is 29.2 Å². The van der Waals surface area contributed by atoms with E-state index < -0.39 is 0 Å². The molecular formula is C21H28ClN3O2. The van der Waals surface area contributed by atoms with Crippen LogP contribution in [-0.2, 0) is 15.0 Å². The second-order valence-corrected chi connectivity index (χ2v) is 8.81. The second-order valence-electron chi connectivity index (χ2n) is 8.37. The van der Waals surface area contributed by atoms with E-state index in [2.05, 4.69) is 4.90 Å². The monoisotopic (exact) mass is 389 g/mol.